The summed E-state index contributed by atoms with van der Waals surface area (Å²) in [6.45, 7) is 1.10. The Kier molecular flexibility index (Phi) is 4.50. The molecule has 1 saturated heterocycles. The van der Waals surface area contributed by atoms with Crippen LogP contribution in [0.2, 0.25) is 0 Å². The van der Waals surface area contributed by atoms with Crippen LogP contribution in [0.1, 0.15) is 11.6 Å². The molecule has 10 rings (SSSR count). The standard InChI is InChI=1S/C40H25NS/c1-2-9-32-29(7-1)34(22-35-37-23-41(37)36-11-5-3-10-33(36)40(32)35)27-16-14-24-13-15-25(19-28(24)20-27)26-17-18-31-30-8-4-6-12-38(30)42-39(31)21-26/h1-22,37H,23H2. The molecule has 2 heteroatoms. The van der Waals surface area contributed by atoms with Crippen molar-refractivity contribution in [3.05, 3.63) is 139 Å². The summed E-state index contributed by atoms with van der Waals surface area (Å²) in [4.78, 5) is 2.54. The summed E-state index contributed by atoms with van der Waals surface area (Å²) < 4.78 is 2.70. The Morgan fingerprint density at radius 1 is 0.500 bits per heavy atom. The number of thiophene rings is 1. The molecule has 0 spiro atoms. The van der Waals surface area contributed by atoms with Crippen LogP contribution in [-0.4, -0.2) is 6.54 Å². The van der Waals surface area contributed by atoms with Crippen LogP contribution in [0.5, 0.6) is 0 Å². The van der Waals surface area contributed by atoms with Gasteiger partial charge in [-0.05, 0) is 91.3 Å². The highest BCUT2D eigenvalue weighted by molar-refractivity contribution is 7.25. The van der Waals surface area contributed by atoms with E-state index in [4.69, 9.17) is 0 Å². The van der Waals surface area contributed by atoms with Gasteiger partial charge in [0.1, 0.15) is 0 Å². The summed E-state index contributed by atoms with van der Waals surface area (Å²) in [5.74, 6) is 0. The number of hydrogen-bond donors (Lipinski definition) is 0. The van der Waals surface area contributed by atoms with Crippen LogP contribution in [0.15, 0.2) is 133 Å². The molecule has 1 nitrogen and oxygen atoms in total. The Morgan fingerprint density at radius 3 is 2.12 bits per heavy atom. The summed E-state index contributed by atoms with van der Waals surface area (Å²) in [5, 5.41) is 7.93. The maximum Gasteiger partial charge on any atom is 0.0725 e. The number of hydrogen-bond acceptors (Lipinski definition) is 2. The van der Waals surface area contributed by atoms with Crippen molar-refractivity contribution < 1.29 is 0 Å². The van der Waals surface area contributed by atoms with Crippen molar-refractivity contribution >= 4 is 58.7 Å². The molecule has 1 fully saturated rings. The van der Waals surface area contributed by atoms with Crippen molar-refractivity contribution in [2.75, 3.05) is 11.4 Å². The zero-order valence-corrected chi connectivity index (χ0v) is 23.7. The van der Waals surface area contributed by atoms with E-state index in [9.17, 15) is 0 Å². The van der Waals surface area contributed by atoms with Crippen molar-refractivity contribution in [3.63, 3.8) is 0 Å². The molecule has 0 bridgehead atoms. The molecule has 2 aliphatic rings. The Hall–Kier alpha value is -4.92. The van der Waals surface area contributed by atoms with E-state index in [-0.39, 0.29) is 0 Å². The first-order valence-electron chi connectivity index (χ1n) is 14.7. The smallest absolute Gasteiger partial charge is 0.0725 e. The monoisotopic (exact) mass is 551 g/mol. The lowest BCUT2D eigenvalue weighted by Gasteiger charge is -2.24. The van der Waals surface area contributed by atoms with Crippen molar-refractivity contribution in [1.82, 2.24) is 0 Å². The van der Waals surface area contributed by atoms with Gasteiger partial charge < -0.3 is 4.90 Å². The van der Waals surface area contributed by atoms with Crippen molar-refractivity contribution in [3.8, 4) is 33.4 Å². The molecule has 0 saturated carbocycles. The van der Waals surface area contributed by atoms with Gasteiger partial charge in [0.05, 0.1) is 6.04 Å². The lowest BCUT2D eigenvalue weighted by atomic mass is 9.85. The molecule has 196 valence electrons. The minimum Gasteiger partial charge on any atom is -0.360 e. The minimum atomic E-state index is 0.481. The van der Waals surface area contributed by atoms with Crippen molar-refractivity contribution in [2.24, 2.45) is 0 Å². The third-order valence-corrected chi connectivity index (χ3v) is 10.5. The average molecular weight is 552 g/mol. The van der Waals surface area contributed by atoms with E-state index in [1.807, 2.05) is 11.3 Å². The highest BCUT2D eigenvalue weighted by Crippen LogP contribution is 2.55. The maximum absolute atomic E-state index is 2.54. The van der Waals surface area contributed by atoms with E-state index >= 15 is 0 Å². The molecule has 0 radical (unpaired) electrons. The van der Waals surface area contributed by atoms with Gasteiger partial charge in [-0.3, -0.25) is 0 Å². The summed E-state index contributed by atoms with van der Waals surface area (Å²) >= 11 is 1.88. The van der Waals surface area contributed by atoms with E-state index in [2.05, 4.69) is 138 Å². The third kappa shape index (κ3) is 3.19. The van der Waals surface area contributed by atoms with Gasteiger partial charge in [0.2, 0.25) is 0 Å². The molecule has 1 aromatic heterocycles. The average Bonchev–Trinajstić information content (AvgIpc) is 3.78. The SMILES string of the molecule is c1ccc2c(c1)-c1c(cc(-c3ccc4ccc(-c5ccc6c(c5)sc5ccccc56)cc4c3)c3ccccc13)C1CN21. The predicted octanol–water partition coefficient (Wildman–Crippen LogP) is 11.2. The molecule has 0 aliphatic carbocycles. The normalized spacial score (nSPS) is 15.2. The number of nitrogens with zero attached hydrogens (tertiary/aromatic N) is 1. The molecule has 3 heterocycles. The number of rotatable bonds is 2. The summed E-state index contributed by atoms with van der Waals surface area (Å²) in [6.07, 6.45) is 0. The Labute approximate surface area is 247 Å². The van der Waals surface area contributed by atoms with Gasteiger partial charge in [0.25, 0.3) is 0 Å². The molecule has 7 aromatic carbocycles. The van der Waals surface area contributed by atoms with E-state index in [0.717, 1.165) is 6.54 Å². The van der Waals surface area contributed by atoms with Gasteiger partial charge in [-0.1, -0.05) is 97.1 Å². The van der Waals surface area contributed by atoms with Gasteiger partial charge in [-0.15, -0.1) is 11.3 Å². The van der Waals surface area contributed by atoms with Crippen LogP contribution >= 0.6 is 11.3 Å². The van der Waals surface area contributed by atoms with Crippen LogP contribution < -0.4 is 4.90 Å². The fourth-order valence-electron chi connectivity index (χ4n) is 7.31. The number of para-hydroxylation sites is 1. The first-order valence-corrected chi connectivity index (χ1v) is 15.5. The van der Waals surface area contributed by atoms with E-state index in [0.29, 0.717) is 6.04 Å². The fourth-order valence-corrected chi connectivity index (χ4v) is 8.45. The third-order valence-electron chi connectivity index (χ3n) is 9.39. The zero-order chi connectivity index (χ0) is 27.4. The van der Waals surface area contributed by atoms with Gasteiger partial charge >= 0.3 is 0 Å². The molecule has 8 aromatic rings. The minimum absolute atomic E-state index is 0.481. The largest absolute Gasteiger partial charge is 0.360 e. The lowest BCUT2D eigenvalue weighted by Crippen LogP contribution is -2.05. The zero-order valence-electron chi connectivity index (χ0n) is 22.8. The number of fused-ring (bicyclic) bond motifs is 12. The first-order chi connectivity index (χ1) is 20.8. The summed E-state index contributed by atoms with van der Waals surface area (Å²) in [7, 11) is 0. The second-order valence-electron chi connectivity index (χ2n) is 11.7. The van der Waals surface area contributed by atoms with Crippen LogP contribution in [0.4, 0.5) is 5.69 Å². The van der Waals surface area contributed by atoms with Crippen LogP contribution in [0, 0.1) is 0 Å². The second kappa shape index (κ2) is 8.31. The maximum atomic E-state index is 2.54. The first kappa shape index (κ1) is 22.7. The Bertz CT molecular complexity index is 2410. The van der Waals surface area contributed by atoms with Gasteiger partial charge in [-0.2, -0.15) is 0 Å². The van der Waals surface area contributed by atoms with E-state index in [1.54, 1.807) is 0 Å². The number of benzene rings is 7. The molecule has 1 atom stereocenters. The predicted molar refractivity (Wildman–Crippen MR) is 181 cm³/mol. The summed E-state index contributed by atoms with van der Waals surface area (Å²) in [5.41, 5.74) is 10.8. The van der Waals surface area contributed by atoms with Crippen molar-refractivity contribution in [2.45, 2.75) is 6.04 Å². The highest BCUT2D eigenvalue weighted by atomic mass is 32.1. The molecule has 0 amide bonds. The lowest BCUT2D eigenvalue weighted by molar-refractivity contribution is 1.11. The van der Waals surface area contributed by atoms with Gasteiger partial charge in [0.15, 0.2) is 0 Å². The molecular weight excluding hydrogens is 527 g/mol. The number of anilines is 1. The molecule has 1 unspecified atom stereocenters. The molecular formula is C40H25NS. The van der Waals surface area contributed by atoms with E-state index in [1.165, 1.54) is 86.3 Å². The van der Waals surface area contributed by atoms with Crippen LogP contribution in [-0.2, 0) is 0 Å². The highest BCUT2D eigenvalue weighted by Gasteiger charge is 2.43. The molecule has 2 aliphatic heterocycles. The Balaban J connectivity index is 1.14. The van der Waals surface area contributed by atoms with Gasteiger partial charge in [-0.25, -0.2) is 0 Å². The van der Waals surface area contributed by atoms with Crippen molar-refractivity contribution in [1.29, 1.82) is 0 Å². The van der Waals surface area contributed by atoms with Gasteiger partial charge in [0, 0.05) is 38.0 Å². The molecule has 42 heavy (non-hydrogen) atoms. The molecule has 0 N–H and O–H groups in total. The fraction of sp³-hybridized carbons (Fsp3) is 0.0500. The van der Waals surface area contributed by atoms with Crippen LogP contribution in [0.3, 0.4) is 0 Å². The van der Waals surface area contributed by atoms with Crippen LogP contribution in [0.25, 0.3) is 75.1 Å². The topological polar surface area (TPSA) is 3.01 Å². The Morgan fingerprint density at radius 2 is 1.19 bits per heavy atom. The summed E-state index contributed by atoms with van der Waals surface area (Å²) in [6, 6.07) is 50.4. The van der Waals surface area contributed by atoms with E-state index < -0.39 is 0 Å². The second-order valence-corrected chi connectivity index (χ2v) is 12.8. The quantitative estimate of drug-likeness (QED) is 0.193.